The highest BCUT2D eigenvalue weighted by Crippen LogP contribution is 2.36. The highest BCUT2D eigenvalue weighted by Gasteiger charge is 2.19. The van der Waals surface area contributed by atoms with E-state index >= 15 is 0 Å². The molecule has 1 N–H and O–H groups in total. The molecule has 0 spiro atoms. The second-order valence-electron chi connectivity index (χ2n) is 5.27. The Balaban J connectivity index is 1.98. The Bertz CT molecular complexity index is 1070. The van der Waals surface area contributed by atoms with E-state index in [2.05, 4.69) is 10.1 Å². The fraction of sp³-hybridized carbons (Fsp3) is 0.0588. The van der Waals surface area contributed by atoms with Crippen LogP contribution in [-0.4, -0.2) is 14.7 Å². The van der Waals surface area contributed by atoms with Crippen LogP contribution in [0.5, 0.6) is 0 Å². The first-order chi connectivity index (χ1) is 11.2. The highest BCUT2D eigenvalue weighted by molar-refractivity contribution is 5.97. The standard InChI is InChI=1S/C17H12FN3O2/c1-21-7-6-11-12(8-19-15(11)17(21)22)16-13(9-20-23-16)10-4-2-3-5-14(10)18/h2-9,19H,1H3. The van der Waals surface area contributed by atoms with Crippen molar-refractivity contribution < 1.29 is 8.91 Å². The number of pyridine rings is 1. The minimum Gasteiger partial charge on any atom is -0.356 e. The zero-order chi connectivity index (χ0) is 16.0. The van der Waals surface area contributed by atoms with Gasteiger partial charge in [-0.15, -0.1) is 0 Å². The molecule has 4 aromatic rings. The SMILES string of the molecule is Cn1ccc2c(-c3oncc3-c3ccccc3F)c[nH]c2c1=O. The number of aromatic nitrogens is 3. The molecule has 0 unspecified atom stereocenters. The fourth-order valence-electron chi connectivity index (χ4n) is 2.71. The van der Waals surface area contributed by atoms with Gasteiger partial charge in [-0.25, -0.2) is 4.39 Å². The molecule has 4 rings (SSSR count). The van der Waals surface area contributed by atoms with Crippen LogP contribution < -0.4 is 5.56 Å². The quantitative estimate of drug-likeness (QED) is 0.618. The first-order valence-electron chi connectivity index (χ1n) is 7.03. The van der Waals surface area contributed by atoms with E-state index in [1.165, 1.54) is 16.8 Å². The molecule has 0 aliphatic heterocycles. The molecule has 0 aliphatic rings. The van der Waals surface area contributed by atoms with E-state index in [9.17, 15) is 9.18 Å². The van der Waals surface area contributed by atoms with Crippen LogP contribution in [0.1, 0.15) is 0 Å². The zero-order valence-electron chi connectivity index (χ0n) is 12.2. The molecule has 3 heterocycles. The van der Waals surface area contributed by atoms with Crippen molar-refractivity contribution in [3.05, 3.63) is 65.1 Å². The summed E-state index contributed by atoms with van der Waals surface area (Å²) >= 11 is 0. The van der Waals surface area contributed by atoms with Gasteiger partial charge in [0.25, 0.3) is 5.56 Å². The Morgan fingerprint density at radius 1 is 1.17 bits per heavy atom. The monoisotopic (exact) mass is 309 g/mol. The van der Waals surface area contributed by atoms with Gasteiger partial charge in [-0.05, 0) is 12.1 Å². The molecular formula is C17H12FN3O2. The summed E-state index contributed by atoms with van der Waals surface area (Å²) < 4.78 is 20.9. The van der Waals surface area contributed by atoms with Crippen LogP contribution in [-0.2, 0) is 7.05 Å². The van der Waals surface area contributed by atoms with E-state index in [-0.39, 0.29) is 11.4 Å². The van der Waals surface area contributed by atoms with Crippen molar-refractivity contribution in [3.8, 4) is 22.5 Å². The number of nitrogens with one attached hydrogen (secondary N) is 1. The molecule has 0 fully saturated rings. The van der Waals surface area contributed by atoms with Gasteiger partial charge in [0.05, 0.1) is 11.8 Å². The number of hydrogen-bond donors (Lipinski definition) is 1. The first-order valence-corrected chi connectivity index (χ1v) is 7.03. The molecule has 0 radical (unpaired) electrons. The van der Waals surface area contributed by atoms with Gasteiger partial charge in [0.1, 0.15) is 11.3 Å². The maximum absolute atomic E-state index is 14.1. The van der Waals surface area contributed by atoms with Crippen LogP contribution in [0.3, 0.4) is 0 Å². The third-order valence-electron chi connectivity index (χ3n) is 3.90. The van der Waals surface area contributed by atoms with Crippen LogP contribution in [0.2, 0.25) is 0 Å². The third kappa shape index (κ3) is 1.99. The molecule has 0 saturated heterocycles. The average molecular weight is 309 g/mol. The zero-order valence-corrected chi connectivity index (χ0v) is 12.2. The molecule has 0 atom stereocenters. The summed E-state index contributed by atoms with van der Waals surface area (Å²) in [4.78, 5) is 15.1. The molecule has 0 amide bonds. The van der Waals surface area contributed by atoms with Gasteiger partial charge in [0.2, 0.25) is 0 Å². The number of aromatic amines is 1. The topological polar surface area (TPSA) is 63.8 Å². The molecule has 0 aliphatic carbocycles. The Morgan fingerprint density at radius 2 is 2.00 bits per heavy atom. The normalized spacial score (nSPS) is 11.2. The predicted molar refractivity (Wildman–Crippen MR) is 84.4 cm³/mol. The molecule has 1 aromatic carbocycles. The number of hydrogen-bond acceptors (Lipinski definition) is 3. The highest BCUT2D eigenvalue weighted by atomic mass is 19.1. The molecule has 0 bridgehead atoms. The van der Waals surface area contributed by atoms with Gasteiger partial charge in [-0.2, -0.15) is 0 Å². The number of aryl methyl sites for hydroxylation is 1. The molecule has 23 heavy (non-hydrogen) atoms. The van der Waals surface area contributed by atoms with Gasteiger partial charge in [-0.3, -0.25) is 4.79 Å². The van der Waals surface area contributed by atoms with Crippen molar-refractivity contribution in [2.24, 2.45) is 7.05 Å². The largest absolute Gasteiger partial charge is 0.356 e. The van der Waals surface area contributed by atoms with E-state index in [0.717, 1.165) is 0 Å². The van der Waals surface area contributed by atoms with Gasteiger partial charge in [-0.1, -0.05) is 23.4 Å². The predicted octanol–water partition coefficient (Wildman–Crippen LogP) is 3.33. The Labute approximate surface area is 130 Å². The van der Waals surface area contributed by atoms with E-state index in [1.807, 2.05) is 6.07 Å². The lowest BCUT2D eigenvalue weighted by Gasteiger charge is -2.02. The second-order valence-corrected chi connectivity index (χ2v) is 5.27. The second kappa shape index (κ2) is 4.95. The van der Waals surface area contributed by atoms with E-state index in [1.54, 1.807) is 37.6 Å². The lowest BCUT2D eigenvalue weighted by atomic mass is 10.0. The maximum Gasteiger partial charge on any atom is 0.274 e. The molecular weight excluding hydrogens is 297 g/mol. The van der Waals surface area contributed by atoms with Crippen molar-refractivity contribution >= 4 is 10.9 Å². The van der Waals surface area contributed by atoms with Crippen molar-refractivity contribution in [2.75, 3.05) is 0 Å². The number of nitrogens with zero attached hydrogens (tertiary/aromatic N) is 2. The van der Waals surface area contributed by atoms with Gasteiger partial charge < -0.3 is 14.1 Å². The van der Waals surface area contributed by atoms with E-state index in [0.29, 0.717) is 33.4 Å². The summed E-state index contributed by atoms with van der Waals surface area (Å²) in [6.07, 6.45) is 4.84. The van der Waals surface area contributed by atoms with Gasteiger partial charge >= 0.3 is 0 Å². The van der Waals surface area contributed by atoms with E-state index in [4.69, 9.17) is 4.52 Å². The van der Waals surface area contributed by atoms with Gasteiger partial charge in [0, 0.05) is 36.0 Å². The minimum absolute atomic E-state index is 0.138. The molecule has 5 nitrogen and oxygen atoms in total. The smallest absolute Gasteiger partial charge is 0.274 e. The third-order valence-corrected chi connectivity index (χ3v) is 3.90. The van der Waals surface area contributed by atoms with Crippen LogP contribution in [0, 0.1) is 5.82 Å². The Morgan fingerprint density at radius 3 is 2.83 bits per heavy atom. The summed E-state index contributed by atoms with van der Waals surface area (Å²) in [7, 11) is 1.68. The lowest BCUT2D eigenvalue weighted by Crippen LogP contribution is -2.15. The molecule has 6 heteroatoms. The van der Waals surface area contributed by atoms with Crippen LogP contribution in [0.15, 0.2) is 58.2 Å². The summed E-state index contributed by atoms with van der Waals surface area (Å²) in [5, 5.41) is 4.51. The molecule has 114 valence electrons. The molecule has 0 saturated carbocycles. The van der Waals surface area contributed by atoms with Crippen LogP contribution >= 0.6 is 0 Å². The van der Waals surface area contributed by atoms with Crippen LogP contribution in [0.4, 0.5) is 4.39 Å². The summed E-state index contributed by atoms with van der Waals surface area (Å²) in [6, 6.07) is 8.24. The Hall–Kier alpha value is -3.15. The minimum atomic E-state index is -0.354. The summed E-state index contributed by atoms with van der Waals surface area (Å²) in [6.45, 7) is 0. The van der Waals surface area contributed by atoms with Gasteiger partial charge in [0.15, 0.2) is 5.76 Å². The van der Waals surface area contributed by atoms with E-state index < -0.39 is 0 Å². The number of benzene rings is 1. The lowest BCUT2D eigenvalue weighted by molar-refractivity contribution is 0.433. The summed E-state index contributed by atoms with van der Waals surface area (Å²) in [5.41, 5.74) is 1.96. The van der Waals surface area contributed by atoms with Crippen molar-refractivity contribution in [3.63, 3.8) is 0 Å². The van der Waals surface area contributed by atoms with Crippen LogP contribution in [0.25, 0.3) is 33.4 Å². The Kier molecular flexibility index (Phi) is 2.90. The van der Waals surface area contributed by atoms with Crippen molar-refractivity contribution in [1.29, 1.82) is 0 Å². The average Bonchev–Trinajstić information content (AvgIpc) is 3.18. The van der Waals surface area contributed by atoms with Crippen molar-refractivity contribution in [2.45, 2.75) is 0 Å². The number of halogens is 1. The summed E-state index contributed by atoms with van der Waals surface area (Å²) in [5.74, 6) is 0.0716. The maximum atomic E-state index is 14.1. The number of rotatable bonds is 2. The van der Waals surface area contributed by atoms with Crippen molar-refractivity contribution in [1.82, 2.24) is 14.7 Å². The first kappa shape index (κ1) is 13.5. The number of H-pyrrole nitrogens is 1. The number of fused-ring (bicyclic) bond motifs is 1. The molecule has 3 aromatic heterocycles. The fourth-order valence-corrected chi connectivity index (χ4v) is 2.71.